The van der Waals surface area contributed by atoms with Gasteiger partial charge in [0.15, 0.2) is 6.10 Å². The Bertz CT molecular complexity index is 902. The van der Waals surface area contributed by atoms with Crippen molar-refractivity contribution in [3.63, 3.8) is 0 Å². The molecule has 0 spiro atoms. The highest BCUT2D eigenvalue weighted by molar-refractivity contribution is 5.71. The number of rotatable bonds is 47. The lowest BCUT2D eigenvalue weighted by molar-refractivity contribution is -0.167. The molecular formula is C53H102O6. The summed E-state index contributed by atoms with van der Waals surface area (Å²) in [5.41, 5.74) is 0. The molecule has 0 bridgehead atoms. The van der Waals surface area contributed by atoms with Gasteiger partial charge in [0.2, 0.25) is 0 Å². The third kappa shape index (κ3) is 45.8. The standard InChI is InChI=1S/C53H102O6/c1-6-8-9-31-40-45-53(56)59-50(46-57-51(54)43-38-34-29-25-21-17-12-10-11-15-19-23-27-32-36-41-48(3)4)47-58-52(55)44-39-35-30-26-22-18-14-13-16-20-24-28-33-37-42-49(5)7-2/h48-50H,6-47H2,1-5H3/t49?,50-/m1/s1. The first kappa shape index (κ1) is 57.4. The van der Waals surface area contributed by atoms with Crippen molar-refractivity contribution in [1.29, 1.82) is 0 Å². The zero-order chi connectivity index (χ0) is 43.3. The highest BCUT2D eigenvalue weighted by Gasteiger charge is 2.19. The van der Waals surface area contributed by atoms with Crippen molar-refractivity contribution >= 4 is 17.9 Å². The molecule has 6 nitrogen and oxygen atoms in total. The van der Waals surface area contributed by atoms with Gasteiger partial charge in [-0.05, 0) is 31.1 Å². The lowest BCUT2D eigenvalue weighted by Crippen LogP contribution is -2.30. The van der Waals surface area contributed by atoms with Crippen LogP contribution >= 0.6 is 0 Å². The van der Waals surface area contributed by atoms with Crippen molar-refractivity contribution in [1.82, 2.24) is 0 Å². The molecule has 0 aromatic heterocycles. The van der Waals surface area contributed by atoms with E-state index in [0.29, 0.717) is 19.3 Å². The van der Waals surface area contributed by atoms with Crippen molar-refractivity contribution < 1.29 is 28.6 Å². The van der Waals surface area contributed by atoms with E-state index in [-0.39, 0.29) is 31.1 Å². The average Bonchev–Trinajstić information content (AvgIpc) is 3.22. The van der Waals surface area contributed by atoms with E-state index in [1.165, 1.54) is 173 Å². The van der Waals surface area contributed by atoms with Crippen LogP contribution in [0.2, 0.25) is 0 Å². The highest BCUT2D eigenvalue weighted by Crippen LogP contribution is 2.18. The summed E-state index contributed by atoms with van der Waals surface area (Å²) in [5, 5.41) is 0. The van der Waals surface area contributed by atoms with Crippen LogP contribution in [0.4, 0.5) is 0 Å². The molecule has 0 fully saturated rings. The Labute approximate surface area is 368 Å². The molecule has 0 heterocycles. The molecule has 0 rings (SSSR count). The molecule has 0 N–H and O–H groups in total. The monoisotopic (exact) mass is 835 g/mol. The first-order chi connectivity index (χ1) is 28.8. The number of hydrogen-bond donors (Lipinski definition) is 0. The lowest BCUT2D eigenvalue weighted by atomic mass is 9.99. The minimum atomic E-state index is -0.759. The number of carbonyl (C=O) groups excluding carboxylic acids is 3. The van der Waals surface area contributed by atoms with Gasteiger partial charge in [-0.15, -0.1) is 0 Å². The van der Waals surface area contributed by atoms with E-state index in [0.717, 1.165) is 76.0 Å². The van der Waals surface area contributed by atoms with E-state index in [1.54, 1.807) is 0 Å². The predicted octanol–water partition coefficient (Wildman–Crippen LogP) is 16.9. The maximum absolute atomic E-state index is 12.6. The number of ether oxygens (including phenoxy) is 3. The van der Waals surface area contributed by atoms with Gasteiger partial charge in [-0.3, -0.25) is 14.4 Å². The molecule has 2 atom stereocenters. The summed E-state index contributed by atoms with van der Waals surface area (Å²) < 4.78 is 16.7. The molecule has 0 aliphatic carbocycles. The van der Waals surface area contributed by atoms with Gasteiger partial charge in [-0.2, -0.15) is 0 Å². The Balaban J connectivity index is 4.05. The smallest absolute Gasteiger partial charge is 0.306 e. The second-order valence-electron chi connectivity index (χ2n) is 18.9. The van der Waals surface area contributed by atoms with Gasteiger partial charge in [-0.1, -0.05) is 253 Å². The highest BCUT2D eigenvalue weighted by atomic mass is 16.6. The topological polar surface area (TPSA) is 78.9 Å². The zero-order valence-corrected chi connectivity index (χ0v) is 40.4. The molecule has 0 aliphatic rings. The molecule has 0 aromatic carbocycles. The van der Waals surface area contributed by atoms with E-state index in [2.05, 4.69) is 34.6 Å². The fraction of sp³-hybridized carbons (Fsp3) is 0.943. The lowest BCUT2D eigenvalue weighted by Gasteiger charge is -2.18. The fourth-order valence-electron chi connectivity index (χ4n) is 7.96. The normalized spacial score (nSPS) is 12.5. The Hall–Kier alpha value is -1.59. The Morgan fingerprint density at radius 1 is 0.356 bits per heavy atom. The number of esters is 3. The van der Waals surface area contributed by atoms with E-state index < -0.39 is 6.10 Å². The summed E-state index contributed by atoms with van der Waals surface area (Å²) in [6.07, 6.45) is 46.9. The van der Waals surface area contributed by atoms with E-state index in [1.807, 2.05) is 0 Å². The van der Waals surface area contributed by atoms with Crippen molar-refractivity contribution in [3.8, 4) is 0 Å². The molecule has 6 heteroatoms. The Morgan fingerprint density at radius 2 is 0.644 bits per heavy atom. The van der Waals surface area contributed by atoms with Gasteiger partial charge >= 0.3 is 17.9 Å². The van der Waals surface area contributed by atoms with Crippen molar-refractivity contribution in [2.45, 2.75) is 298 Å². The predicted molar refractivity (Wildman–Crippen MR) is 252 cm³/mol. The molecular weight excluding hydrogens is 733 g/mol. The Morgan fingerprint density at radius 3 is 0.966 bits per heavy atom. The molecule has 0 radical (unpaired) electrons. The van der Waals surface area contributed by atoms with Gasteiger partial charge in [-0.25, -0.2) is 0 Å². The number of hydrogen-bond acceptors (Lipinski definition) is 6. The summed E-state index contributed by atoms with van der Waals surface area (Å²) >= 11 is 0. The maximum Gasteiger partial charge on any atom is 0.306 e. The largest absolute Gasteiger partial charge is 0.462 e. The van der Waals surface area contributed by atoms with Gasteiger partial charge in [0, 0.05) is 19.3 Å². The zero-order valence-electron chi connectivity index (χ0n) is 40.4. The fourth-order valence-corrected chi connectivity index (χ4v) is 7.96. The molecule has 350 valence electrons. The third-order valence-electron chi connectivity index (χ3n) is 12.3. The van der Waals surface area contributed by atoms with Crippen LogP contribution in [-0.4, -0.2) is 37.2 Å². The van der Waals surface area contributed by atoms with E-state index in [9.17, 15) is 14.4 Å². The second-order valence-corrected chi connectivity index (χ2v) is 18.9. The van der Waals surface area contributed by atoms with Gasteiger partial charge in [0.25, 0.3) is 0 Å². The number of unbranched alkanes of at least 4 members (excludes halogenated alkanes) is 31. The van der Waals surface area contributed by atoms with Gasteiger partial charge in [0.1, 0.15) is 13.2 Å². The SMILES string of the molecule is CCCCCCCC(=O)O[C@H](COC(=O)CCCCCCCCCCCCCCCCCC(C)C)COC(=O)CCCCCCCCCCCCCCCCC(C)CC. The molecule has 59 heavy (non-hydrogen) atoms. The van der Waals surface area contributed by atoms with Crippen LogP contribution in [0.25, 0.3) is 0 Å². The molecule has 0 aromatic rings. The van der Waals surface area contributed by atoms with E-state index in [4.69, 9.17) is 14.2 Å². The maximum atomic E-state index is 12.6. The van der Waals surface area contributed by atoms with Crippen LogP contribution in [0.3, 0.4) is 0 Å². The molecule has 0 amide bonds. The summed E-state index contributed by atoms with van der Waals surface area (Å²) in [7, 11) is 0. The summed E-state index contributed by atoms with van der Waals surface area (Å²) in [6.45, 7) is 11.4. The average molecular weight is 835 g/mol. The van der Waals surface area contributed by atoms with Crippen LogP contribution in [0, 0.1) is 11.8 Å². The van der Waals surface area contributed by atoms with Crippen LogP contribution in [0.1, 0.15) is 291 Å². The van der Waals surface area contributed by atoms with Crippen molar-refractivity contribution in [2.24, 2.45) is 11.8 Å². The van der Waals surface area contributed by atoms with Gasteiger partial charge < -0.3 is 14.2 Å². The summed E-state index contributed by atoms with van der Waals surface area (Å²) in [6, 6.07) is 0. The number of carbonyl (C=O) groups is 3. The molecule has 0 saturated carbocycles. The minimum absolute atomic E-state index is 0.0650. The molecule has 0 aliphatic heterocycles. The van der Waals surface area contributed by atoms with Crippen LogP contribution in [0.15, 0.2) is 0 Å². The quantitative estimate of drug-likeness (QED) is 0.0345. The first-order valence-electron chi connectivity index (χ1n) is 26.3. The van der Waals surface area contributed by atoms with Crippen LogP contribution in [0.5, 0.6) is 0 Å². The minimum Gasteiger partial charge on any atom is -0.462 e. The van der Waals surface area contributed by atoms with Crippen LogP contribution < -0.4 is 0 Å². The van der Waals surface area contributed by atoms with Gasteiger partial charge in [0.05, 0.1) is 0 Å². The molecule has 0 saturated heterocycles. The van der Waals surface area contributed by atoms with Crippen LogP contribution in [-0.2, 0) is 28.6 Å². The first-order valence-corrected chi connectivity index (χ1v) is 26.3. The third-order valence-corrected chi connectivity index (χ3v) is 12.3. The summed E-state index contributed by atoms with van der Waals surface area (Å²) in [5.74, 6) is 0.883. The summed E-state index contributed by atoms with van der Waals surface area (Å²) in [4.78, 5) is 37.7. The Kier molecular flexibility index (Phi) is 44.7. The van der Waals surface area contributed by atoms with Crippen molar-refractivity contribution in [2.75, 3.05) is 13.2 Å². The second kappa shape index (κ2) is 45.9. The van der Waals surface area contributed by atoms with Crippen molar-refractivity contribution in [3.05, 3.63) is 0 Å². The van der Waals surface area contributed by atoms with E-state index >= 15 is 0 Å². The molecule has 1 unspecified atom stereocenters.